The van der Waals surface area contributed by atoms with Gasteiger partial charge < -0.3 is 10.5 Å². The number of ether oxygens (including phenoxy) is 1. The Morgan fingerprint density at radius 2 is 1.76 bits per heavy atom. The summed E-state index contributed by atoms with van der Waals surface area (Å²) >= 11 is 0. The van der Waals surface area contributed by atoms with E-state index in [1.165, 1.54) is 6.07 Å². The molecule has 0 unspecified atom stereocenters. The molecule has 0 aliphatic rings. The van der Waals surface area contributed by atoms with E-state index in [9.17, 15) is 9.59 Å². The molecule has 2 aromatic carbocycles. The Morgan fingerprint density at radius 3 is 2.14 bits per heavy atom. The molecule has 0 radical (unpaired) electrons. The zero-order chi connectivity index (χ0) is 15.2. The largest absolute Gasteiger partial charge is 2.00 e. The third kappa shape index (κ3) is 6.43. The zero-order valence-electron chi connectivity index (χ0n) is 12.3. The number of nitrogens with two attached hydrogens (primary N) is 1. The molecule has 0 bridgehead atoms. The van der Waals surface area contributed by atoms with E-state index in [1.54, 1.807) is 32.9 Å². The SMILES string of the molecule is CC(C)(C)C(=O)Oc1ccc[c-]1C(N)=O.[Fe+2].c1cc[cH-]c1. The number of rotatable bonds is 2. The first-order valence-corrected chi connectivity index (χ1v) is 6.27. The van der Waals surface area contributed by atoms with E-state index in [0.29, 0.717) is 0 Å². The number of hydrogen-bond acceptors (Lipinski definition) is 3. The normalized spacial score (nSPS) is 9.86. The maximum atomic E-state index is 11.5. The third-order valence-electron chi connectivity index (χ3n) is 2.41. The molecule has 4 nitrogen and oxygen atoms in total. The quantitative estimate of drug-likeness (QED) is 0.523. The minimum absolute atomic E-state index is 0. The average molecular weight is 329 g/mol. The molecule has 2 N–H and O–H groups in total. The first-order valence-electron chi connectivity index (χ1n) is 6.27. The van der Waals surface area contributed by atoms with Crippen molar-refractivity contribution in [2.75, 3.05) is 0 Å². The van der Waals surface area contributed by atoms with Gasteiger partial charge in [0, 0.05) is 5.75 Å². The number of carbonyl (C=O) groups is 2. The Morgan fingerprint density at radius 1 is 1.19 bits per heavy atom. The fourth-order valence-corrected chi connectivity index (χ4v) is 1.27. The maximum absolute atomic E-state index is 11.5. The molecule has 0 saturated heterocycles. The van der Waals surface area contributed by atoms with Crippen LogP contribution in [0.5, 0.6) is 5.75 Å². The second-order valence-corrected chi connectivity index (χ2v) is 5.27. The van der Waals surface area contributed by atoms with Crippen LogP contribution >= 0.6 is 0 Å². The van der Waals surface area contributed by atoms with E-state index in [1.807, 2.05) is 30.3 Å². The summed E-state index contributed by atoms with van der Waals surface area (Å²) < 4.78 is 5.07. The minimum Gasteiger partial charge on any atom is -0.453 e. The van der Waals surface area contributed by atoms with Gasteiger partial charge in [-0.15, -0.1) is 0 Å². The van der Waals surface area contributed by atoms with Gasteiger partial charge in [0.05, 0.1) is 5.41 Å². The van der Waals surface area contributed by atoms with Crippen LogP contribution < -0.4 is 10.5 Å². The third-order valence-corrected chi connectivity index (χ3v) is 2.41. The molecular formula is C16H19FeNO3. The van der Waals surface area contributed by atoms with Crippen LogP contribution in [-0.2, 0) is 21.9 Å². The number of primary amides is 1. The number of hydrogen-bond donors (Lipinski definition) is 1. The van der Waals surface area contributed by atoms with Gasteiger partial charge >= 0.3 is 23.0 Å². The maximum Gasteiger partial charge on any atom is 2.00 e. The molecule has 0 aliphatic heterocycles. The zero-order valence-corrected chi connectivity index (χ0v) is 13.4. The first-order chi connectivity index (χ1) is 9.32. The van der Waals surface area contributed by atoms with Gasteiger partial charge in [0.25, 0.3) is 0 Å². The van der Waals surface area contributed by atoms with E-state index in [2.05, 4.69) is 0 Å². The Hall–Kier alpha value is -1.84. The second kappa shape index (κ2) is 8.45. The van der Waals surface area contributed by atoms with Gasteiger partial charge in [-0.25, -0.2) is 18.2 Å². The van der Waals surface area contributed by atoms with E-state index >= 15 is 0 Å². The summed E-state index contributed by atoms with van der Waals surface area (Å²) in [5.41, 5.74) is 4.74. The van der Waals surface area contributed by atoms with E-state index in [0.717, 1.165) is 0 Å². The molecule has 5 heteroatoms. The monoisotopic (exact) mass is 329 g/mol. The summed E-state index contributed by atoms with van der Waals surface area (Å²) in [4.78, 5) is 22.5. The summed E-state index contributed by atoms with van der Waals surface area (Å²) in [5.74, 6) is -0.768. The van der Waals surface area contributed by atoms with Gasteiger partial charge in [-0.3, -0.25) is 9.59 Å². The smallest absolute Gasteiger partial charge is 0.453 e. The Bertz CT molecular complexity index is 533. The molecule has 1 amide bonds. The van der Waals surface area contributed by atoms with E-state index in [4.69, 9.17) is 10.5 Å². The van der Waals surface area contributed by atoms with Crippen LogP contribution in [0.4, 0.5) is 0 Å². The fraction of sp³-hybridized carbons (Fsp3) is 0.250. The van der Waals surface area contributed by atoms with Crippen LogP contribution in [0.2, 0.25) is 0 Å². The minimum atomic E-state index is -0.605. The van der Waals surface area contributed by atoms with Crippen LogP contribution in [0.25, 0.3) is 0 Å². The number of amides is 1. The first kappa shape index (κ1) is 19.2. The Kier molecular flexibility index (Phi) is 7.71. The van der Waals surface area contributed by atoms with Crippen molar-refractivity contribution in [3.63, 3.8) is 0 Å². The predicted octanol–water partition coefficient (Wildman–Crippen LogP) is 2.86. The van der Waals surface area contributed by atoms with Crippen molar-refractivity contribution >= 4 is 11.9 Å². The van der Waals surface area contributed by atoms with Gasteiger partial charge in [-0.05, 0) is 26.3 Å². The van der Waals surface area contributed by atoms with Crippen LogP contribution in [0.15, 0.2) is 48.5 Å². The van der Waals surface area contributed by atoms with Crippen molar-refractivity contribution in [1.82, 2.24) is 0 Å². The van der Waals surface area contributed by atoms with Gasteiger partial charge in [-0.2, -0.15) is 30.3 Å². The van der Waals surface area contributed by atoms with Gasteiger partial charge in [-0.1, -0.05) is 0 Å². The fourth-order valence-electron chi connectivity index (χ4n) is 1.27. The van der Waals surface area contributed by atoms with E-state index in [-0.39, 0.29) is 28.4 Å². The Labute approximate surface area is 135 Å². The molecular weight excluding hydrogens is 310 g/mol. The standard InChI is InChI=1S/C11H14NO3.C5H5.Fe/c1-11(2,3)10(14)15-8-6-4-5-7(8)9(12)13;1-2-4-5-3-1;/h4-6H,1-3H3,(H2,12,13);1-5H;/q2*-1;+2. The average Bonchev–Trinajstić information content (AvgIpc) is 3.01. The van der Waals surface area contributed by atoms with Crippen molar-refractivity contribution in [2.24, 2.45) is 11.1 Å². The van der Waals surface area contributed by atoms with Crippen molar-refractivity contribution in [1.29, 1.82) is 0 Å². The van der Waals surface area contributed by atoms with Crippen molar-refractivity contribution < 1.29 is 31.4 Å². The van der Waals surface area contributed by atoms with E-state index < -0.39 is 17.3 Å². The van der Waals surface area contributed by atoms with Crippen molar-refractivity contribution in [2.45, 2.75) is 20.8 Å². The molecule has 0 heterocycles. The van der Waals surface area contributed by atoms with Crippen LogP contribution in [-0.4, -0.2) is 11.9 Å². The van der Waals surface area contributed by atoms with Gasteiger partial charge in [0.2, 0.25) is 0 Å². The molecule has 0 atom stereocenters. The van der Waals surface area contributed by atoms with Crippen LogP contribution in [0.1, 0.15) is 31.1 Å². The molecule has 2 aromatic rings. The summed E-state index contributed by atoms with van der Waals surface area (Å²) in [7, 11) is 0. The molecule has 2 rings (SSSR count). The molecule has 0 saturated carbocycles. The van der Waals surface area contributed by atoms with Crippen LogP contribution in [0, 0.1) is 5.41 Å². The summed E-state index contributed by atoms with van der Waals surface area (Å²) in [6.07, 6.45) is 0. The second-order valence-electron chi connectivity index (χ2n) is 5.27. The topological polar surface area (TPSA) is 69.4 Å². The summed E-state index contributed by atoms with van der Waals surface area (Å²) in [6, 6.07) is 14.7. The molecule has 0 fully saturated rings. The van der Waals surface area contributed by atoms with Crippen molar-refractivity contribution in [3.05, 3.63) is 54.1 Å². The van der Waals surface area contributed by atoms with Gasteiger partial charge in [0.15, 0.2) is 5.91 Å². The van der Waals surface area contributed by atoms with Gasteiger partial charge in [0.1, 0.15) is 0 Å². The van der Waals surface area contributed by atoms with Crippen molar-refractivity contribution in [3.8, 4) is 5.75 Å². The summed E-state index contributed by atoms with van der Waals surface area (Å²) in [6.45, 7) is 5.21. The molecule has 114 valence electrons. The number of carbonyl (C=O) groups excluding carboxylic acids is 2. The molecule has 0 aromatic heterocycles. The molecule has 21 heavy (non-hydrogen) atoms. The van der Waals surface area contributed by atoms with Crippen LogP contribution in [0.3, 0.4) is 0 Å². The number of esters is 1. The predicted molar refractivity (Wildman–Crippen MR) is 77.7 cm³/mol. The summed E-state index contributed by atoms with van der Waals surface area (Å²) in [5, 5.41) is 0. The molecule has 0 aliphatic carbocycles. The Balaban J connectivity index is 0.000000562. The molecule has 0 spiro atoms.